The van der Waals surface area contributed by atoms with Crippen molar-refractivity contribution >= 4 is 22.7 Å². The van der Waals surface area contributed by atoms with E-state index in [1.165, 1.54) is 0 Å². The van der Waals surface area contributed by atoms with Crippen LogP contribution < -0.4 is 16.6 Å². The standard InChI is InChI=1S/C15H22N6/c1-10-9-21(2)8-7-12(10)17-14-11-5-3-4-6-13(11)18-15(19-14)20-16/h3-6,10,12H,7-9,16H2,1-2H3,(H2,17,18,19,20). The normalized spacial score (nSPS) is 23.2. The van der Waals surface area contributed by atoms with Crippen molar-refractivity contribution in [1.29, 1.82) is 0 Å². The van der Waals surface area contributed by atoms with Gasteiger partial charge in [-0.15, -0.1) is 0 Å². The van der Waals surface area contributed by atoms with E-state index < -0.39 is 0 Å². The average molecular weight is 286 g/mol. The van der Waals surface area contributed by atoms with E-state index in [9.17, 15) is 0 Å². The lowest BCUT2D eigenvalue weighted by Gasteiger charge is -2.35. The van der Waals surface area contributed by atoms with Gasteiger partial charge in [0, 0.05) is 18.0 Å². The van der Waals surface area contributed by atoms with E-state index in [0.29, 0.717) is 17.9 Å². The quantitative estimate of drug-likeness (QED) is 0.588. The van der Waals surface area contributed by atoms with Crippen LogP contribution in [0.4, 0.5) is 11.8 Å². The number of hydrogen-bond donors (Lipinski definition) is 3. The Morgan fingerprint density at radius 2 is 2.10 bits per heavy atom. The molecule has 0 saturated carbocycles. The summed E-state index contributed by atoms with van der Waals surface area (Å²) in [4.78, 5) is 11.2. The lowest BCUT2D eigenvalue weighted by Crippen LogP contribution is -2.43. The molecule has 2 heterocycles. The summed E-state index contributed by atoms with van der Waals surface area (Å²) in [7, 11) is 2.17. The molecule has 6 nitrogen and oxygen atoms in total. The average Bonchev–Trinajstić information content (AvgIpc) is 2.49. The summed E-state index contributed by atoms with van der Waals surface area (Å²) in [6.45, 7) is 4.48. The van der Waals surface area contributed by atoms with Crippen LogP contribution in [0.2, 0.25) is 0 Å². The Hall–Kier alpha value is -1.92. The van der Waals surface area contributed by atoms with Crippen LogP contribution in [0.5, 0.6) is 0 Å². The number of aromatic nitrogens is 2. The number of likely N-dealkylation sites (tertiary alicyclic amines) is 1. The van der Waals surface area contributed by atoms with Crippen molar-refractivity contribution in [3.8, 4) is 0 Å². The minimum absolute atomic E-state index is 0.421. The first-order valence-corrected chi connectivity index (χ1v) is 7.36. The van der Waals surface area contributed by atoms with Crippen LogP contribution in [0.1, 0.15) is 13.3 Å². The summed E-state index contributed by atoms with van der Waals surface area (Å²) in [5.74, 6) is 7.35. The minimum atomic E-state index is 0.421. The molecular formula is C15H22N6. The maximum Gasteiger partial charge on any atom is 0.239 e. The van der Waals surface area contributed by atoms with Gasteiger partial charge in [0.2, 0.25) is 5.95 Å². The van der Waals surface area contributed by atoms with Gasteiger partial charge in [0.15, 0.2) is 0 Å². The van der Waals surface area contributed by atoms with Crippen molar-refractivity contribution in [1.82, 2.24) is 14.9 Å². The fourth-order valence-electron chi connectivity index (χ4n) is 3.00. The molecule has 3 rings (SSSR count). The molecule has 1 aromatic heterocycles. The van der Waals surface area contributed by atoms with Gasteiger partial charge in [-0.2, -0.15) is 4.98 Å². The zero-order chi connectivity index (χ0) is 14.8. The van der Waals surface area contributed by atoms with Gasteiger partial charge in [0.25, 0.3) is 0 Å². The molecule has 0 bridgehead atoms. The third-order valence-corrected chi connectivity index (χ3v) is 4.16. The van der Waals surface area contributed by atoms with Gasteiger partial charge in [-0.05, 0) is 38.1 Å². The fraction of sp³-hybridized carbons (Fsp3) is 0.467. The molecule has 0 radical (unpaired) electrons. The van der Waals surface area contributed by atoms with Crippen molar-refractivity contribution in [2.24, 2.45) is 11.8 Å². The van der Waals surface area contributed by atoms with Crippen LogP contribution in [-0.4, -0.2) is 41.0 Å². The Bertz CT molecular complexity index is 629. The van der Waals surface area contributed by atoms with Crippen LogP contribution in [0.3, 0.4) is 0 Å². The van der Waals surface area contributed by atoms with E-state index in [2.05, 4.69) is 39.6 Å². The predicted molar refractivity (Wildman–Crippen MR) is 86.0 cm³/mol. The molecule has 2 unspecified atom stereocenters. The number of piperidine rings is 1. The number of anilines is 2. The number of para-hydroxylation sites is 1. The van der Waals surface area contributed by atoms with Gasteiger partial charge in [-0.25, -0.2) is 10.8 Å². The smallest absolute Gasteiger partial charge is 0.239 e. The van der Waals surface area contributed by atoms with Gasteiger partial charge in [0.1, 0.15) is 5.82 Å². The first kappa shape index (κ1) is 14.0. The summed E-state index contributed by atoms with van der Waals surface area (Å²) in [5.41, 5.74) is 3.44. The highest BCUT2D eigenvalue weighted by molar-refractivity contribution is 5.90. The van der Waals surface area contributed by atoms with Crippen molar-refractivity contribution < 1.29 is 0 Å². The first-order chi connectivity index (χ1) is 10.2. The van der Waals surface area contributed by atoms with Crippen LogP contribution in [0.15, 0.2) is 24.3 Å². The van der Waals surface area contributed by atoms with Crippen molar-refractivity contribution in [3.05, 3.63) is 24.3 Å². The summed E-state index contributed by atoms with van der Waals surface area (Å²) in [6, 6.07) is 8.41. The van der Waals surface area contributed by atoms with E-state index >= 15 is 0 Å². The summed E-state index contributed by atoms with van der Waals surface area (Å²) in [6.07, 6.45) is 1.11. The molecule has 21 heavy (non-hydrogen) atoms. The molecule has 4 N–H and O–H groups in total. The number of benzene rings is 1. The number of nitrogen functional groups attached to an aromatic ring is 1. The highest BCUT2D eigenvalue weighted by Crippen LogP contribution is 2.25. The second-order valence-electron chi connectivity index (χ2n) is 5.84. The Labute approximate surface area is 124 Å². The molecule has 6 heteroatoms. The number of hydrogen-bond acceptors (Lipinski definition) is 6. The highest BCUT2D eigenvalue weighted by atomic mass is 15.3. The molecule has 1 aromatic carbocycles. The number of hydrazine groups is 1. The number of rotatable bonds is 3. The first-order valence-electron chi connectivity index (χ1n) is 7.36. The maximum absolute atomic E-state index is 5.48. The highest BCUT2D eigenvalue weighted by Gasteiger charge is 2.25. The molecule has 112 valence electrons. The molecule has 1 fully saturated rings. The van der Waals surface area contributed by atoms with Crippen LogP contribution in [0, 0.1) is 5.92 Å². The van der Waals surface area contributed by atoms with Crippen molar-refractivity contribution in [3.63, 3.8) is 0 Å². The lowest BCUT2D eigenvalue weighted by atomic mass is 9.94. The maximum atomic E-state index is 5.48. The summed E-state index contributed by atoms with van der Waals surface area (Å²) < 4.78 is 0. The minimum Gasteiger partial charge on any atom is -0.366 e. The Morgan fingerprint density at radius 1 is 1.29 bits per heavy atom. The largest absolute Gasteiger partial charge is 0.366 e. The summed E-state index contributed by atoms with van der Waals surface area (Å²) in [5, 5.41) is 4.63. The van der Waals surface area contributed by atoms with Gasteiger partial charge >= 0.3 is 0 Å². The van der Waals surface area contributed by atoms with Gasteiger partial charge in [-0.3, -0.25) is 5.43 Å². The molecular weight excluding hydrogens is 264 g/mol. The Morgan fingerprint density at radius 3 is 2.86 bits per heavy atom. The fourth-order valence-corrected chi connectivity index (χ4v) is 3.00. The Kier molecular flexibility index (Phi) is 3.90. The van der Waals surface area contributed by atoms with Gasteiger partial charge in [0.05, 0.1) is 5.52 Å². The predicted octanol–water partition coefficient (Wildman–Crippen LogP) is 1.67. The molecule has 1 aliphatic rings. The monoisotopic (exact) mass is 286 g/mol. The van der Waals surface area contributed by atoms with Gasteiger partial charge in [-0.1, -0.05) is 19.1 Å². The van der Waals surface area contributed by atoms with E-state index in [0.717, 1.165) is 36.2 Å². The topological polar surface area (TPSA) is 79.1 Å². The number of fused-ring (bicyclic) bond motifs is 1. The molecule has 2 atom stereocenters. The molecule has 2 aromatic rings. The molecule has 1 saturated heterocycles. The zero-order valence-corrected chi connectivity index (χ0v) is 12.5. The second-order valence-corrected chi connectivity index (χ2v) is 5.84. The second kappa shape index (κ2) is 5.83. The molecule has 0 amide bonds. The van der Waals surface area contributed by atoms with E-state index in [-0.39, 0.29) is 0 Å². The Balaban J connectivity index is 1.92. The third-order valence-electron chi connectivity index (χ3n) is 4.16. The lowest BCUT2D eigenvalue weighted by molar-refractivity contribution is 0.206. The summed E-state index contributed by atoms with van der Waals surface area (Å²) >= 11 is 0. The van der Waals surface area contributed by atoms with Crippen LogP contribution >= 0.6 is 0 Å². The number of nitrogens with zero attached hydrogens (tertiary/aromatic N) is 3. The van der Waals surface area contributed by atoms with Crippen LogP contribution in [-0.2, 0) is 0 Å². The van der Waals surface area contributed by atoms with Crippen molar-refractivity contribution in [2.75, 3.05) is 30.9 Å². The van der Waals surface area contributed by atoms with Gasteiger partial charge < -0.3 is 10.2 Å². The SMILES string of the molecule is CC1CN(C)CCC1Nc1nc(NN)nc2ccccc12. The number of nitrogens with two attached hydrogens (primary N) is 1. The van der Waals surface area contributed by atoms with E-state index in [1.807, 2.05) is 24.3 Å². The third kappa shape index (κ3) is 2.91. The molecule has 0 spiro atoms. The van der Waals surface area contributed by atoms with Crippen LogP contribution in [0.25, 0.3) is 10.9 Å². The van der Waals surface area contributed by atoms with E-state index in [1.54, 1.807) is 0 Å². The van der Waals surface area contributed by atoms with E-state index in [4.69, 9.17) is 5.84 Å². The van der Waals surface area contributed by atoms with Crippen molar-refractivity contribution in [2.45, 2.75) is 19.4 Å². The molecule has 1 aliphatic heterocycles. The zero-order valence-electron chi connectivity index (χ0n) is 12.5. The number of nitrogens with one attached hydrogen (secondary N) is 2. The molecule has 0 aliphatic carbocycles.